The molecular formula is C13H8Cl2N4OS. The number of H-pyrrole nitrogens is 1. The highest BCUT2D eigenvalue weighted by molar-refractivity contribution is 7.20. The Morgan fingerprint density at radius 3 is 2.67 bits per heavy atom. The number of thiophene rings is 1. The molecule has 21 heavy (non-hydrogen) atoms. The van der Waals surface area contributed by atoms with E-state index in [2.05, 4.69) is 20.5 Å². The molecule has 0 saturated heterocycles. The van der Waals surface area contributed by atoms with E-state index in [0.29, 0.717) is 20.1 Å². The predicted octanol–water partition coefficient (Wildman–Crippen LogP) is 4.09. The molecule has 0 aromatic carbocycles. The van der Waals surface area contributed by atoms with Crippen molar-refractivity contribution in [1.29, 1.82) is 0 Å². The number of rotatable bonds is 3. The van der Waals surface area contributed by atoms with Gasteiger partial charge in [0.2, 0.25) is 0 Å². The van der Waals surface area contributed by atoms with Crippen LogP contribution in [0.5, 0.6) is 0 Å². The van der Waals surface area contributed by atoms with Crippen molar-refractivity contribution in [3.05, 3.63) is 50.9 Å². The van der Waals surface area contributed by atoms with E-state index in [0.717, 1.165) is 22.6 Å². The zero-order valence-electron chi connectivity index (χ0n) is 10.4. The first-order chi connectivity index (χ1) is 10.1. The summed E-state index contributed by atoms with van der Waals surface area (Å²) in [5.41, 5.74) is 2.04. The number of hydrogen-bond acceptors (Lipinski definition) is 4. The Morgan fingerprint density at radius 1 is 1.24 bits per heavy atom. The Balaban J connectivity index is 1.79. The van der Waals surface area contributed by atoms with Crippen LogP contribution in [-0.2, 0) is 0 Å². The minimum atomic E-state index is -0.351. The number of anilines is 1. The number of carbonyl (C=O) groups is 1. The van der Waals surface area contributed by atoms with E-state index in [9.17, 15) is 4.79 Å². The SMILES string of the molecule is O=C(Nc1cc(-c2ccncc2)[nH]n1)c1cc(Cl)sc1Cl. The lowest BCUT2D eigenvalue weighted by atomic mass is 10.2. The monoisotopic (exact) mass is 338 g/mol. The zero-order chi connectivity index (χ0) is 14.8. The highest BCUT2D eigenvalue weighted by atomic mass is 35.5. The van der Waals surface area contributed by atoms with Crippen LogP contribution >= 0.6 is 34.5 Å². The third-order valence-corrected chi connectivity index (χ3v) is 4.20. The molecule has 0 aliphatic heterocycles. The second-order valence-electron chi connectivity index (χ2n) is 4.09. The van der Waals surface area contributed by atoms with Crippen LogP contribution in [0.2, 0.25) is 8.67 Å². The molecule has 3 heterocycles. The third kappa shape index (κ3) is 3.07. The summed E-state index contributed by atoms with van der Waals surface area (Å²) in [5.74, 6) is 0.0566. The number of nitrogens with one attached hydrogen (secondary N) is 2. The normalized spacial score (nSPS) is 10.6. The highest BCUT2D eigenvalue weighted by Crippen LogP contribution is 2.31. The molecule has 2 N–H and O–H groups in total. The van der Waals surface area contributed by atoms with Gasteiger partial charge in [0.25, 0.3) is 5.91 Å². The first kappa shape index (κ1) is 14.1. The molecule has 5 nitrogen and oxygen atoms in total. The minimum absolute atomic E-state index is 0.333. The molecule has 0 saturated carbocycles. The Bertz CT molecular complexity index is 785. The lowest BCUT2D eigenvalue weighted by Gasteiger charge is -1.99. The van der Waals surface area contributed by atoms with E-state index in [1.807, 2.05) is 12.1 Å². The number of hydrogen-bond donors (Lipinski definition) is 2. The molecule has 3 aromatic heterocycles. The maximum Gasteiger partial charge on any atom is 0.259 e. The van der Waals surface area contributed by atoms with Gasteiger partial charge < -0.3 is 5.32 Å². The van der Waals surface area contributed by atoms with Gasteiger partial charge in [-0.2, -0.15) is 5.10 Å². The van der Waals surface area contributed by atoms with E-state index in [-0.39, 0.29) is 5.91 Å². The van der Waals surface area contributed by atoms with E-state index in [1.165, 1.54) is 6.07 Å². The Labute approximate surface area is 133 Å². The number of carbonyl (C=O) groups excluding carboxylic acids is 1. The number of aromatic nitrogens is 3. The number of halogens is 2. The first-order valence-corrected chi connectivity index (χ1v) is 7.43. The Kier molecular flexibility index (Phi) is 3.92. The molecule has 0 atom stereocenters. The van der Waals surface area contributed by atoms with Crippen LogP contribution < -0.4 is 5.32 Å². The number of amides is 1. The van der Waals surface area contributed by atoms with Crippen LogP contribution in [0.4, 0.5) is 5.82 Å². The summed E-state index contributed by atoms with van der Waals surface area (Å²) in [6.07, 6.45) is 3.36. The van der Waals surface area contributed by atoms with Crippen LogP contribution in [0.1, 0.15) is 10.4 Å². The summed E-state index contributed by atoms with van der Waals surface area (Å²) in [6.45, 7) is 0. The number of pyridine rings is 1. The van der Waals surface area contributed by atoms with Crippen molar-refractivity contribution in [2.75, 3.05) is 5.32 Å². The lowest BCUT2D eigenvalue weighted by Crippen LogP contribution is -2.11. The molecule has 0 unspecified atom stereocenters. The van der Waals surface area contributed by atoms with Crippen molar-refractivity contribution >= 4 is 46.3 Å². The van der Waals surface area contributed by atoms with Gasteiger partial charge in [0.05, 0.1) is 15.6 Å². The smallest absolute Gasteiger partial charge is 0.259 e. The van der Waals surface area contributed by atoms with Gasteiger partial charge in [-0.05, 0) is 18.2 Å². The maximum absolute atomic E-state index is 12.1. The van der Waals surface area contributed by atoms with Crippen molar-refractivity contribution in [1.82, 2.24) is 15.2 Å². The van der Waals surface area contributed by atoms with Gasteiger partial charge in [0, 0.05) is 24.0 Å². The summed E-state index contributed by atoms with van der Waals surface area (Å²) in [7, 11) is 0. The van der Waals surface area contributed by atoms with Gasteiger partial charge in [0.15, 0.2) is 5.82 Å². The highest BCUT2D eigenvalue weighted by Gasteiger charge is 2.15. The van der Waals surface area contributed by atoms with E-state index in [4.69, 9.17) is 23.2 Å². The summed E-state index contributed by atoms with van der Waals surface area (Å²) in [6, 6.07) is 6.94. The molecule has 106 valence electrons. The van der Waals surface area contributed by atoms with E-state index < -0.39 is 0 Å². The lowest BCUT2D eigenvalue weighted by molar-refractivity contribution is 0.102. The molecule has 8 heteroatoms. The fraction of sp³-hybridized carbons (Fsp3) is 0. The molecule has 1 amide bonds. The minimum Gasteiger partial charge on any atom is -0.305 e. The second kappa shape index (κ2) is 5.85. The first-order valence-electron chi connectivity index (χ1n) is 5.85. The van der Waals surface area contributed by atoms with Gasteiger partial charge >= 0.3 is 0 Å². The fourth-order valence-electron chi connectivity index (χ4n) is 1.74. The molecule has 0 spiro atoms. The summed E-state index contributed by atoms with van der Waals surface area (Å²) in [4.78, 5) is 16.0. The standard InChI is InChI=1S/C13H8Cl2N4OS/c14-10-5-8(12(15)21-10)13(20)17-11-6-9(18-19-11)7-1-3-16-4-2-7/h1-6H,(H2,17,18,19,20). The van der Waals surface area contributed by atoms with Crippen molar-refractivity contribution in [2.24, 2.45) is 0 Å². The maximum atomic E-state index is 12.1. The summed E-state index contributed by atoms with van der Waals surface area (Å²) < 4.78 is 0.812. The molecule has 3 aromatic rings. The van der Waals surface area contributed by atoms with Crippen LogP contribution in [0.3, 0.4) is 0 Å². The van der Waals surface area contributed by atoms with Gasteiger partial charge in [-0.25, -0.2) is 0 Å². The molecule has 0 radical (unpaired) electrons. The number of nitrogens with zero attached hydrogens (tertiary/aromatic N) is 2. The molecule has 0 bridgehead atoms. The third-order valence-electron chi connectivity index (χ3n) is 2.71. The quantitative estimate of drug-likeness (QED) is 0.755. The molecule has 0 aliphatic carbocycles. The van der Waals surface area contributed by atoms with Gasteiger partial charge in [-0.1, -0.05) is 23.2 Å². The zero-order valence-corrected chi connectivity index (χ0v) is 12.8. The Morgan fingerprint density at radius 2 is 2.00 bits per heavy atom. The largest absolute Gasteiger partial charge is 0.305 e. The topological polar surface area (TPSA) is 70.7 Å². The van der Waals surface area contributed by atoms with E-state index >= 15 is 0 Å². The van der Waals surface area contributed by atoms with E-state index in [1.54, 1.807) is 18.5 Å². The average molecular weight is 339 g/mol. The average Bonchev–Trinajstić information content (AvgIpc) is 3.06. The van der Waals surface area contributed by atoms with Crippen LogP contribution in [-0.4, -0.2) is 21.1 Å². The molecular weight excluding hydrogens is 331 g/mol. The van der Waals surface area contributed by atoms with Crippen molar-refractivity contribution in [3.63, 3.8) is 0 Å². The van der Waals surface area contributed by atoms with Crippen LogP contribution in [0, 0.1) is 0 Å². The summed E-state index contributed by atoms with van der Waals surface area (Å²) in [5, 5.41) is 9.56. The Hall–Kier alpha value is -1.89. The van der Waals surface area contributed by atoms with Crippen LogP contribution in [0.15, 0.2) is 36.7 Å². The van der Waals surface area contributed by atoms with Crippen molar-refractivity contribution < 1.29 is 4.79 Å². The van der Waals surface area contributed by atoms with Gasteiger partial charge in [-0.15, -0.1) is 11.3 Å². The van der Waals surface area contributed by atoms with Crippen molar-refractivity contribution in [3.8, 4) is 11.3 Å². The van der Waals surface area contributed by atoms with Gasteiger partial charge in [0.1, 0.15) is 4.34 Å². The fourth-order valence-corrected chi connectivity index (χ4v) is 3.20. The van der Waals surface area contributed by atoms with Gasteiger partial charge in [-0.3, -0.25) is 14.9 Å². The van der Waals surface area contributed by atoms with Crippen molar-refractivity contribution in [2.45, 2.75) is 0 Å². The number of aromatic amines is 1. The van der Waals surface area contributed by atoms with Crippen LogP contribution in [0.25, 0.3) is 11.3 Å². The summed E-state index contributed by atoms with van der Waals surface area (Å²) >= 11 is 12.9. The molecule has 3 rings (SSSR count). The molecule has 0 fully saturated rings. The predicted molar refractivity (Wildman–Crippen MR) is 84.1 cm³/mol. The second-order valence-corrected chi connectivity index (χ2v) is 6.38. The molecule has 0 aliphatic rings.